The number of hydrogen-bond donors (Lipinski definition) is 2. The average Bonchev–Trinajstić information content (AvgIpc) is 3.09. The molecule has 3 rings (SSSR count). The second-order valence-corrected chi connectivity index (χ2v) is 4.83. The SMILES string of the molecule is O=C(COc1ccc(F)cc1)Nc1ccc(-c2cnc[nH]2)cc1. The maximum Gasteiger partial charge on any atom is 0.262 e. The summed E-state index contributed by atoms with van der Waals surface area (Å²) in [7, 11) is 0. The Morgan fingerprint density at radius 2 is 1.87 bits per heavy atom. The van der Waals surface area contributed by atoms with E-state index >= 15 is 0 Å². The molecule has 23 heavy (non-hydrogen) atoms. The van der Waals surface area contributed by atoms with Gasteiger partial charge in [-0.15, -0.1) is 0 Å². The fraction of sp³-hybridized carbons (Fsp3) is 0.0588. The Morgan fingerprint density at radius 3 is 2.52 bits per heavy atom. The largest absolute Gasteiger partial charge is 0.484 e. The number of benzene rings is 2. The van der Waals surface area contributed by atoms with Crippen molar-refractivity contribution in [1.82, 2.24) is 9.97 Å². The number of imidazole rings is 1. The number of carbonyl (C=O) groups excluding carboxylic acids is 1. The summed E-state index contributed by atoms with van der Waals surface area (Å²) in [6.45, 7) is -0.145. The average molecular weight is 311 g/mol. The Balaban J connectivity index is 1.54. The first-order valence-electron chi connectivity index (χ1n) is 6.98. The van der Waals surface area contributed by atoms with Gasteiger partial charge in [0.25, 0.3) is 5.91 Å². The number of aromatic nitrogens is 2. The number of carbonyl (C=O) groups is 1. The van der Waals surface area contributed by atoms with Crippen LogP contribution < -0.4 is 10.1 Å². The van der Waals surface area contributed by atoms with Crippen molar-refractivity contribution >= 4 is 11.6 Å². The van der Waals surface area contributed by atoms with E-state index in [4.69, 9.17) is 4.74 Å². The van der Waals surface area contributed by atoms with Gasteiger partial charge in [-0.2, -0.15) is 0 Å². The van der Waals surface area contributed by atoms with Crippen molar-refractivity contribution in [2.75, 3.05) is 11.9 Å². The maximum absolute atomic E-state index is 12.8. The van der Waals surface area contributed by atoms with E-state index in [0.717, 1.165) is 11.3 Å². The highest BCUT2D eigenvalue weighted by atomic mass is 19.1. The number of nitrogens with zero attached hydrogens (tertiary/aromatic N) is 1. The molecule has 3 aromatic rings. The summed E-state index contributed by atoms with van der Waals surface area (Å²) in [5.74, 6) is -0.195. The first-order valence-corrected chi connectivity index (χ1v) is 6.98. The second-order valence-electron chi connectivity index (χ2n) is 4.83. The van der Waals surface area contributed by atoms with Gasteiger partial charge in [-0.25, -0.2) is 9.37 Å². The number of nitrogens with one attached hydrogen (secondary N) is 2. The van der Waals surface area contributed by atoms with E-state index in [1.807, 2.05) is 12.1 Å². The molecule has 0 saturated carbocycles. The number of ether oxygens (including phenoxy) is 1. The monoisotopic (exact) mass is 311 g/mol. The fourth-order valence-electron chi connectivity index (χ4n) is 2.02. The minimum Gasteiger partial charge on any atom is -0.484 e. The Bertz CT molecular complexity index is 769. The van der Waals surface area contributed by atoms with E-state index in [-0.39, 0.29) is 18.3 Å². The molecular weight excluding hydrogens is 297 g/mol. The van der Waals surface area contributed by atoms with Crippen LogP contribution >= 0.6 is 0 Å². The summed E-state index contributed by atoms with van der Waals surface area (Å²) in [6.07, 6.45) is 3.34. The standard InChI is InChI=1S/C17H14FN3O2/c18-13-3-7-15(8-4-13)23-10-17(22)21-14-5-1-12(2-6-14)16-9-19-11-20-16/h1-9,11H,10H2,(H,19,20)(H,21,22). The molecule has 0 aliphatic rings. The van der Waals surface area contributed by atoms with Gasteiger partial charge >= 0.3 is 0 Å². The highest BCUT2D eigenvalue weighted by Crippen LogP contribution is 2.18. The van der Waals surface area contributed by atoms with Crippen LogP contribution in [0.5, 0.6) is 5.75 Å². The van der Waals surface area contributed by atoms with Gasteiger partial charge in [0.15, 0.2) is 6.61 Å². The van der Waals surface area contributed by atoms with Crippen LogP contribution in [0.1, 0.15) is 0 Å². The summed E-state index contributed by atoms with van der Waals surface area (Å²) in [6, 6.07) is 12.9. The zero-order chi connectivity index (χ0) is 16.1. The summed E-state index contributed by atoms with van der Waals surface area (Å²) in [5, 5.41) is 2.73. The minimum atomic E-state index is -0.348. The fourth-order valence-corrected chi connectivity index (χ4v) is 2.02. The van der Waals surface area contributed by atoms with Crippen LogP contribution in [0.4, 0.5) is 10.1 Å². The van der Waals surface area contributed by atoms with E-state index in [0.29, 0.717) is 11.4 Å². The lowest BCUT2D eigenvalue weighted by atomic mass is 10.1. The number of hydrogen-bond acceptors (Lipinski definition) is 3. The number of anilines is 1. The van der Waals surface area contributed by atoms with Gasteiger partial charge in [-0.3, -0.25) is 4.79 Å². The minimum absolute atomic E-state index is 0.145. The van der Waals surface area contributed by atoms with Crippen molar-refractivity contribution in [3.05, 3.63) is 66.9 Å². The van der Waals surface area contributed by atoms with E-state index in [1.54, 1.807) is 24.7 Å². The van der Waals surface area contributed by atoms with Gasteiger partial charge in [0.2, 0.25) is 0 Å². The molecule has 1 amide bonds. The van der Waals surface area contributed by atoms with Crippen LogP contribution in [-0.2, 0) is 4.79 Å². The van der Waals surface area contributed by atoms with Gasteiger partial charge in [0, 0.05) is 5.69 Å². The second kappa shape index (κ2) is 6.74. The van der Waals surface area contributed by atoms with Crippen LogP contribution in [0, 0.1) is 5.82 Å². The number of aromatic amines is 1. The van der Waals surface area contributed by atoms with Crippen molar-refractivity contribution < 1.29 is 13.9 Å². The van der Waals surface area contributed by atoms with E-state index in [2.05, 4.69) is 15.3 Å². The number of rotatable bonds is 5. The molecule has 0 aliphatic carbocycles. The quantitative estimate of drug-likeness (QED) is 0.760. The van der Waals surface area contributed by atoms with Crippen molar-refractivity contribution in [2.24, 2.45) is 0 Å². The number of halogens is 1. The molecular formula is C17H14FN3O2. The predicted octanol–water partition coefficient (Wildman–Crippen LogP) is 3.23. The van der Waals surface area contributed by atoms with Crippen molar-refractivity contribution in [2.45, 2.75) is 0 Å². The number of amides is 1. The summed E-state index contributed by atoms with van der Waals surface area (Å²) in [5.41, 5.74) is 2.55. The Labute approximate surface area is 132 Å². The predicted molar refractivity (Wildman–Crippen MR) is 84.5 cm³/mol. The molecule has 0 unspecified atom stereocenters. The lowest BCUT2D eigenvalue weighted by molar-refractivity contribution is -0.118. The molecule has 1 heterocycles. The van der Waals surface area contributed by atoms with E-state index in [1.165, 1.54) is 24.3 Å². The molecule has 2 aromatic carbocycles. The molecule has 6 heteroatoms. The zero-order valence-electron chi connectivity index (χ0n) is 12.1. The third kappa shape index (κ3) is 3.94. The molecule has 5 nitrogen and oxygen atoms in total. The van der Waals surface area contributed by atoms with Gasteiger partial charge in [-0.05, 0) is 42.0 Å². The highest BCUT2D eigenvalue weighted by Gasteiger charge is 2.05. The lowest BCUT2D eigenvalue weighted by Gasteiger charge is -2.08. The number of H-pyrrole nitrogens is 1. The van der Waals surface area contributed by atoms with Crippen molar-refractivity contribution in [3.63, 3.8) is 0 Å². The third-order valence-corrected chi connectivity index (χ3v) is 3.16. The van der Waals surface area contributed by atoms with Gasteiger partial charge in [0.05, 0.1) is 18.2 Å². The van der Waals surface area contributed by atoms with E-state index in [9.17, 15) is 9.18 Å². The maximum atomic E-state index is 12.8. The smallest absolute Gasteiger partial charge is 0.262 e. The van der Waals surface area contributed by atoms with Gasteiger partial charge in [-0.1, -0.05) is 12.1 Å². The molecule has 0 bridgehead atoms. The summed E-state index contributed by atoms with van der Waals surface area (Å²) >= 11 is 0. The Kier molecular flexibility index (Phi) is 4.33. The summed E-state index contributed by atoms with van der Waals surface area (Å²) in [4.78, 5) is 18.8. The molecule has 1 aromatic heterocycles. The van der Waals surface area contributed by atoms with Crippen LogP contribution in [0.2, 0.25) is 0 Å². The lowest BCUT2D eigenvalue weighted by Crippen LogP contribution is -2.20. The van der Waals surface area contributed by atoms with Crippen LogP contribution in [-0.4, -0.2) is 22.5 Å². The molecule has 0 saturated heterocycles. The molecule has 0 radical (unpaired) electrons. The topological polar surface area (TPSA) is 67.0 Å². The Hall–Kier alpha value is -3.15. The molecule has 0 fully saturated rings. The normalized spacial score (nSPS) is 10.3. The molecule has 0 atom stereocenters. The Morgan fingerprint density at radius 1 is 1.13 bits per heavy atom. The first kappa shape index (κ1) is 14.8. The van der Waals surface area contributed by atoms with Crippen molar-refractivity contribution in [1.29, 1.82) is 0 Å². The van der Waals surface area contributed by atoms with Crippen LogP contribution in [0.25, 0.3) is 11.3 Å². The molecule has 0 aliphatic heterocycles. The highest BCUT2D eigenvalue weighted by molar-refractivity contribution is 5.92. The molecule has 0 spiro atoms. The van der Waals surface area contributed by atoms with Crippen LogP contribution in [0.15, 0.2) is 61.1 Å². The molecule has 2 N–H and O–H groups in total. The van der Waals surface area contributed by atoms with Crippen LogP contribution in [0.3, 0.4) is 0 Å². The molecule has 116 valence electrons. The third-order valence-electron chi connectivity index (χ3n) is 3.16. The van der Waals surface area contributed by atoms with Gasteiger partial charge in [0.1, 0.15) is 11.6 Å². The first-order chi connectivity index (χ1) is 11.2. The van der Waals surface area contributed by atoms with Gasteiger partial charge < -0.3 is 15.0 Å². The van der Waals surface area contributed by atoms with E-state index < -0.39 is 0 Å². The zero-order valence-corrected chi connectivity index (χ0v) is 12.1. The van der Waals surface area contributed by atoms with Crippen molar-refractivity contribution in [3.8, 4) is 17.0 Å². The summed E-state index contributed by atoms with van der Waals surface area (Å²) < 4.78 is 18.1.